The molecule has 0 saturated heterocycles. The van der Waals surface area contributed by atoms with E-state index in [0.29, 0.717) is 24.8 Å². The molecule has 118 valence electrons. The number of guanidine groups is 1. The summed E-state index contributed by atoms with van der Waals surface area (Å²) in [6.07, 6.45) is 6.71. The minimum atomic E-state index is -0.0661. The Labute approximate surface area is 131 Å². The van der Waals surface area contributed by atoms with E-state index < -0.39 is 0 Å². The molecule has 0 atom stereocenters. The number of aryl methyl sites for hydroxylation is 1. The van der Waals surface area contributed by atoms with E-state index in [4.69, 9.17) is 0 Å². The Kier molecular flexibility index (Phi) is 5.94. The van der Waals surface area contributed by atoms with Crippen molar-refractivity contribution in [3.05, 3.63) is 36.0 Å². The van der Waals surface area contributed by atoms with Gasteiger partial charge in [-0.3, -0.25) is 9.79 Å². The van der Waals surface area contributed by atoms with Gasteiger partial charge in [-0.05, 0) is 31.9 Å². The van der Waals surface area contributed by atoms with Crippen LogP contribution in [-0.2, 0) is 4.79 Å². The highest BCUT2D eigenvalue weighted by atomic mass is 16.1. The summed E-state index contributed by atoms with van der Waals surface area (Å²) in [7, 11) is 1.73. The maximum atomic E-state index is 11.9. The molecule has 1 heterocycles. The zero-order valence-electron chi connectivity index (χ0n) is 13.1. The second kappa shape index (κ2) is 8.17. The standard InChI is InChI=1S/C16H23N5O/c1-12-6-5-9-14(19-12)21-15(22)10-11-18-16(17-2)20-13-7-3-4-8-13/h3-6,9,13H,7-8,10-11H2,1-2H3,(H2,17,18,20)(H,19,21,22). The van der Waals surface area contributed by atoms with E-state index in [1.54, 1.807) is 13.1 Å². The van der Waals surface area contributed by atoms with Crippen molar-refractivity contribution in [1.29, 1.82) is 0 Å². The zero-order valence-corrected chi connectivity index (χ0v) is 13.1. The van der Waals surface area contributed by atoms with Crippen LogP contribution in [0, 0.1) is 6.92 Å². The molecular weight excluding hydrogens is 278 g/mol. The second-order valence-corrected chi connectivity index (χ2v) is 5.25. The molecule has 3 N–H and O–H groups in total. The number of anilines is 1. The molecule has 1 aliphatic carbocycles. The molecule has 6 heteroatoms. The first-order valence-electron chi connectivity index (χ1n) is 7.53. The van der Waals surface area contributed by atoms with Gasteiger partial charge in [-0.25, -0.2) is 4.98 Å². The Balaban J connectivity index is 1.69. The molecule has 0 unspecified atom stereocenters. The lowest BCUT2D eigenvalue weighted by Gasteiger charge is -2.16. The lowest BCUT2D eigenvalue weighted by molar-refractivity contribution is -0.116. The summed E-state index contributed by atoms with van der Waals surface area (Å²) >= 11 is 0. The fourth-order valence-corrected chi connectivity index (χ4v) is 2.24. The van der Waals surface area contributed by atoms with E-state index in [9.17, 15) is 4.79 Å². The van der Waals surface area contributed by atoms with Crippen LogP contribution in [0.4, 0.5) is 5.82 Å². The number of hydrogen-bond acceptors (Lipinski definition) is 3. The monoisotopic (exact) mass is 301 g/mol. The minimum absolute atomic E-state index is 0.0661. The highest BCUT2D eigenvalue weighted by Gasteiger charge is 2.11. The summed E-state index contributed by atoms with van der Waals surface area (Å²) in [5.74, 6) is 1.25. The first kappa shape index (κ1) is 16.0. The molecule has 1 amide bonds. The third-order valence-electron chi connectivity index (χ3n) is 3.37. The first-order valence-corrected chi connectivity index (χ1v) is 7.53. The predicted molar refractivity (Wildman–Crippen MR) is 88.9 cm³/mol. The van der Waals surface area contributed by atoms with Crippen molar-refractivity contribution in [2.45, 2.75) is 32.2 Å². The van der Waals surface area contributed by atoms with Gasteiger partial charge in [0.15, 0.2) is 5.96 Å². The number of nitrogens with one attached hydrogen (secondary N) is 3. The van der Waals surface area contributed by atoms with Crippen LogP contribution in [0.3, 0.4) is 0 Å². The Hall–Kier alpha value is -2.37. The maximum Gasteiger partial charge on any atom is 0.227 e. The molecule has 1 aliphatic rings. The number of rotatable bonds is 5. The number of carbonyl (C=O) groups is 1. The van der Waals surface area contributed by atoms with Crippen LogP contribution in [-0.4, -0.2) is 36.5 Å². The van der Waals surface area contributed by atoms with E-state index in [2.05, 4.69) is 38.1 Å². The summed E-state index contributed by atoms with van der Waals surface area (Å²) in [4.78, 5) is 20.3. The van der Waals surface area contributed by atoms with Gasteiger partial charge < -0.3 is 16.0 Å². The smallest absolute Gasteiger partial charge is 0.227 e. The molecule has 0 spiro atoms. The molecule has 0 aliphatic heterocycles. The average Bonchev–Trinajstić information content (AvgIpc) is 2.99. The van der Waals surface area contributed by atoms with Crippen molar-refractivity contribution < 1.29 is 4.79 Å². The van der Waals surface area contributed by atoms with Gasteiger partial charge in [0, 0.05) is 31.7 Å². The zero-order chi connectivity index (χ0) is 15.8. The number of hydrogen-bond donors (Lipinski definition) is 3. The average molecular weight is 301 g/mol. The van der Waals surface area contributed by atoms with Gasteiger partial charge in [-0.1, -0.05) is 18.2 Å². The highest BCUT2D eigenvalue weighted by Crippen LogP contribution is 2.08. The molecule has 6 nitrogen and oxygen atoms in total. The SMILES string of the molecule is CN=C(NCCC(=O)Nc1cccc(C)n1)NC1CC=CC1. The molecule has 0 fully saturated rings. The highest BCUT2D eigenvalue weighted by molar-refractivity contribution is 5.90. The molecule has 0 bridgehead atoms. The van der Waals surface area contributed by atoms with Gasteiger partial charge in [0.25, 0.3) is 0 Å². The Morgan fingerprint density at radius 3 is 2.82 bits per heavy atom. The normalized spacial score (nSPS) is 14.9. The van der Waals surface area contributed by atoms with Gasteiger partial charge >= 0.3 is 0 Å². The van der Waals surface area contributed by atoms with Gasteiger partial charge in [0.05, 0.1) is 0 Å². The summed E-state index contributed by atoms with van der Waals surface area (Å²) in [5.41, 5.74) is 0.880. The number of carbonyl (C=O) groups excluding carboxylic acids is 1. The minimum Gasteiger partial charge on any atom is -0.356 e. The fraction of sp³-hybridized carbons (Fsp3) is 0.438. The second-order valence-electron chi connectivity index (χ2n) is 5.25. The van der Waals surface area contributed by atoms with E-state index in [1.807, 2.05) is 19.1 Å². The number of nitrogens with zero attached hydrogens (tertiary/aromatic N) is 2. The Morgan fingerprint density at radius 1 is 1.36 bits per heavy atom. The summed E-state index contributed by atoms with van der Waals surface area (Å²) in [6.45, 7) is 2.42. The number of amides is 1. The number of aromatic nitrogens is 1. The predicted octanol–water partition coefficient (Wildman–Crippen LogP) is 1.60. The summed E-state index contributed by atoms with van der Waals surface area (Å²) in [5, 5.41) is 9.27. The lowest BCUT2D eigenvalue weighted by Crippen LogP contribution is -2.43. The van der Waals surface area contributed by atoms with Crippen molar-refractivity contribution in [2.75, 3.05) is 18.9 Å². The molecule has 0 saturated carbocycles. The van der Waals surface area contributed by atoms with Crippen LogP contribution < -0.4 is 16.0 Å². The Bertz CT molecular complexity index is 559. The molecule has 1 aromatic rings. The van der Waals surface area contributed by atoms with Crippen LogP contribution in [0.15, 0.2) is 35.3 Å². The van der Waals surface area contributed by atoms with Crippen molar-refractivity contribution >= 4 is 17.7 Å². The molecule has 0 radical (unpaired) electrons. The van der Waals surface area contributed by atoms with Crippen LogP contribution in [0.5, 0.6) is 0 Å². The third kappa shape index (κ3) is 5.20. The van der Waals surface area contributed by atoms with E-state index in [-0.39, 0.29) is 5.91 Å². The van der Waals surface area contributed by atoms with Gasteiger partial charge in [-0.15, -0.1) is 0 Å². The topological polar surface area (TPSA) is 78.4 Å². The van der Waals surface area contributed by atoms with Crippen molar-refractivity contribution in [2.24, 2.45) is 4.99 Å². The van der Waals surface area contributed by atoms with Crippen LogP contribution in [0.1, 0.15) is 25.0 Å². The lowest BCUT2D eigenvalue weighted by atomic mass is 10.2. The summed E-state index contributed by atoms with van der Waals surface area (Å²) in [6, 6.07) is 5.95. The van der Waals surface area contributed by atoms with Gasteiger partial charge in [0.1, 0.15) is 5.82 Å². The molecular formula is C16H23N5O. The Morgan fingerprint density at radius 2 is 2.14 bits per heavy atom. The van der Waals surface area contributed by atoms with E-state index in [0.717, 1.165) is 24.5 Å². The van der Waals surface area contributed by atoms with Gasteiger partial charge in [0.2, 0.25) is 5.91 Å². The van der Waals surface area contributed by atoms with Gasteiger partial charge in [-0.2, -0.15) is 0 Å². The van der Waals surface area contributed by atoms with Crippen molar-refractivity contribution in [1.82, 2.24) is 15.6 Å². The third-order valence-corrected chi connectivity index (χ3v) is 3.37. The quantitative estimate of drug-likeness (QED) is 0.438. The van der Waals surface area contributed by atoms with Crippen LogP contribution in [0.25, 0.3) is 0 Å². The molecule has 22 heavy (non-hydrogen) atoms. The maximum absolute atomic E-state index is 11.9. The summed E-state index contributed by atoms with van der Waals surface area (Å²) < 4.78 is 0. The number of aliphatic imine (C=N–C) groups is 1. The molecule has 0 aromatic carbocycles. The molecule has 1 aromatic heterocycles. The van der Waals surface area contributed by atoms with E-state index in [1.165, 1.54) is 0 Å². The largest absolute Gasteiger partial charge is 0.356 e. The van der Waals surface area contributed by atoms with Crippen LogP contribution in [0.2, 0.25) is 0 Å². The number of pyridine rings is 1. The fourth-order valence-electron chi connectivity index (χ4n) is 2.24. The first-order chi connectivity index (χ1) is 10.7. The van der Waals surface area contributed by atoms with Crippen molar-refractivity contribution in [3.8, 4) is 0 Å². The van der Waals surface area contributed by atoms with Crippen LogP contribution >= 0.6 is 0 Å². The van der Waals surface area contributed by atoms with E-state index >= 15 is 0 Å². The molecule has 2 rings (SSSR count). The van der Waals surface area contributed by atoms with Crippen molar-refractivity contribution in [3.63, 3.8) is 0 Å².